The molecule has 0 radical (unpaired) electrons. The Labute approximate surface area is 101 Å². The highest BCUT2D eigenvalue weighted by Gasteiger charge is 2.45. The number of likely N-dealkylation sites (tertiary alicyclic amines) is 1. The van der Waals surface area contributed by atoms with Gasteiger partial charge in [0.15, 0.2) is 0 Å². The molecule has 2 aliphatic heterocycles. The van der Waals surface area contributed by atoms with Gasteiger partial charge >= 0.3 is 0 Å². The molecule has 1 spiro atoms. The summed E-state index contributed by atoms with van der Waals surface area (Å²) in [5, 5.41) is 3.43. The number of nitrogens with zero attached hydrogens (tertiary/aromatic N) is 2. The fourth-order valence-corrected chi connectivity index (χ4v) is 2.88. The molecule has 3 heterocycles. The number of hydrogen-bond donors (Lipinski definition) is 1. The second-order valence-corrected chi connectivity index (χ2v) is 5.18. The van der Waals surface area contributed by atoms with Crippen LogP contribution in [0, 0.1) is 5.41 Å². The van der Waals surface area contributed by atoms with Crippen molar-refractivity contribution >= 4 is 5.91 Å². The van der Waals surface area contributed by atoms with Crippen molar-refractivity contribution in [3.63, 3.8) is 0 Å². The highest BCUT2D eigenvalue weighted by molar-refractivity contribution is 5.94. The maximum absolute atomic E-state index is 12.1. The van der Waals surface area contributed by atoms with Crippen LogP contribution < -0.4 is 5.32 Å². The molecule has 0 aromatic carbocycles. The predicted molar refractivity (Wildman–Crippen MR) is 64.7 cm³/mol. The summed E-state index contributed by atoms with van der Waals surface area (Å²) in [6.45, 7) is 3.98. The molecule has 90 valence electrons. The number of amides is 1. The summed E-state index contributed by atoms with van der Waals surface area (Å²) in [5.74, 6) is 0.120. The van der Waals surface area contributed by atoms with Gasteiger partial charge in [-0.15, -0.1) is 0 Å². The minimum atomic E-state index is 0.120. The monoisotopic (exact) mass is 231 g/mol. The molecular weight excluding hydrogens is 214 g/mol. The van der Waals surface area contributed by atoms with Gasteiger partial charge in [0.05, 0.1) is 5.56 Å². The number of rotatable bonds is 1. The average molecular weight is 231 g/mol. The van der Waals surface area contributed by atoms with E-state index in [-0.39, 0.29) is 5.91 Å². The van der Waals surface area contributed by atoms with Crippen molar-refractivity contribution < 1.29 is 4.79 Å². The molecule has 0 atom stereocenters. The Morgan fingerprint density at radius 3 is 3.00 bits per heavy atom. The molecule has 2 aliphatic rings. The topological polar surface area (TPSA) is 45.2 Å². The molecule has 0 saturated carbocycles. The number of carbonyl (C=O) groups excluding carboxylic acids is 1. The van der Waals surface area contributed by atoms with Crippen molar-refractivity contribution in [2.24, 2.45) is 5.41 Å². The van der Waals surface area contributed by atoms with Gasteiger partial charge in [-0.1, -0.05) is 0 Å². The average Bonchev–Trinajstić information content (AvgIpc) is 2.37. The van der Waals surface area contributed by atoms with E-state index in [2.05, 4.69) is 10.3 Å². The second kappa shape index (κ2) is 4.11. The van der Waals surface area contributed by atoms with Gasteiger partial charge in [0.2, 0.25) is 0 Å². The lowest BCUT2D eigenvalue weighted by Gasteiger charge is -2.52. The zero-order valence-corrected chi connectivity index (χ0v) is 9.85. The minimum absolute atomic E-state index is 0.120. The molecule has 2 fully saturated rings. The van der Waals surface area contributed by atoms with Gasteiger partial charge in [-0.05, 0) is 31.5 Å². The van der Waals surface area contributed by atoms with E-state index in [0.29, 0.717) is 11.0 Å². The van der Waals surface area contributed by atoms with Gasteiger partial charge < -0.3 is 10.2 Å². The van der Waals surface area contributed by atoms with Crippen molar-refractivity contribution in [1.82, 2.24) is 15.2 Å². The third-order valence-corrected chi connectivity index (χ3v) is 3.81. The van der Waals surface area contributed by atoms with Crippen LogP contribution in [0.5, 0.6) is 0 Å². The first-order valence-corrected chi connectivity index (χ1v) is 6.19. The van der Waals surface area contributed by atoms with Crippen LogP contribution in [0.4, 0.5) is 0 Å². The van der Waals surface area contributed by atoms with Gasteiger partial charge in [-0.2, -0.15) is 0 Å². The van der Waals surface area contributed by atoms with Gasteiger partial charge in [-0.25, -0.2) is 0 Å². The summed E-state index contributed by atoms with van der Waals surface area (Å²) in [4.78, 5) is 18.0. The first-order chi connectivity index (χ1) is 8.29. The van der Waals surface area contributed by atoms with E-state index in [4.69, 9.17) is 0 Å². The molecular formula is C13H17N3O. The summed E-state index contributed by atoms with van der Waals surface area (Å²) in [6.07, 6.45) is 5.82. The Hall–Kier alpha value is -1.42. The first kappa shape index (κ1) is 10.7. The maximum Gasteiger partial charge on any atom is 0.255 e. The van der Waals surface area contributed by atoms with E-state index in [0.717, 1.165) is 26.2 Å². The standard InChI is InChI=1S/C13H17N3O/c17-12(11-3-1-5-14-7-11)16-9-13(10-16)4-2-6-15-8-13/h1,3,5,7,15H,2,4,6,8-10H2. The first-order valence-electron chi connectivity index (χ1n) is 6.19. The molecule has 4 heteroatoms. The van der Waals surface area contributed by atoms with Crippen LogP contribution in [0.25, 0.3) is 0 Å². The Morgan fingerprint density at radius 1 is 1.47 bits per heavy atom. The highest BCUT2D eigenvalue weighted by atomic mass is 16.2. The van der Waals surface area contributed by atoms with Gasteiger partial charge in [0.1, 0.15) is 0 Å². The van der Waals surface area contributed by atoms with Crippen LogP contribution in [0.1, 0.15) is 23.2 Å². The lowest BCUT2D eigenvalue weighted by atomic mass is 9.74. The molecule has 1 N–H and O–H groups in total. The van der Waals surface area contributed by atoms with Crippen molar-refractivity contribution in [2.45, 2.75) is 12.8 Å². The van der Waals surface area contributed by atoms with Crippen LogP contribution in [0.3, 0.4) is 0 Å². The van der Waals surface area contributed by atoms with Gasteiger partial charge in [-0.3, -0.25) is 9.78 Å². The van der Waals surface area contributed by atoms with Gasteiger partial charge in [0.25, 0.3) is 5.91 Å². The van der Waals surface area contributed by atoms with E-state index in [1.54, 1.807) is 12.4 Å². The summed E-state index contributed by atoms with van der Waals surface area (Å²) < 4.78 is 0. The molecule has 4 nitrogen and oxygen atoms in total. The Morgan fingerprint density at radius 2 is 2.35 bits per heavy atom. The van der Waals surface area contributed by atoms with Crippen LogP contribution in [0.15, 0.2) is 24.5 Å². The molecule has 0 unspecified atom stereocenters. The van der Waals surface area contributed by atoms with Gasteiger partial charge in [0, 0.05) is 37.4 Å². The fourth-order valence-electron chi connectivity index (χ4n) is 2.88. The second-order valence-electron chi connectivity index (χ2n) is 5.18. The predicted octanol–water partition coefficient (Wildman–Crippen LogP) is 0.907. The number of aromatic nitrogens is 1. The molecule has 0 bridgehead atoms. The quantitative estimate of drug-likeness (QED) is 0.781. The summed E-state index contributed by atoms with van der Waals surface area (Å²) >= 11 is 0. The van der Waals surface area contributed by atoms with Crippen LogP contribution in [-0.4, -0.2) is 42.0 Å². The SMILES string of the molecule is O=C(c1cccnc1)N1CC2(CCCNC2)C1. The van der Waals surface area contributed by atoms with E-state index in [1.165, 1.54) is 12.8 Å². The Kier molecular flexibility index (Phi) is 2.59. The zero-order chi connectivity index (χ0) is 11.7. The van der Waals surface area contributed by atoms with Crippen molar-refractivity contribution in [3.8, 4) is 0 Å². The fraction of sp³-hybridized carbons (Fsp3) is 0.538. The Bertz CT molecular complexity index is 404. The molecule has 1 amide bonds. The smallest absolute Gasteiger partial charge is 0.255 e. The molecule has 1 aromatic rings. The molecule has 1 aromatic heterocycles. The number of pyridine rings is 1. The Balaban J connectivity index is 1.64. The van der Waals surface area contributed by atoms with E-state index < -0.39 is 0 Å². The third-order valence-electron chi connectivity index (χ3n) is 3.81. The largest absolute Gasteiger partial charge is 0.337 e. The van der Waals surface area contributed by atoms with E-state index in [9.17, 15) is 4.79 Å². The summed E-state index contributed by atoms with van der Waals surface area (Å²) in [7, 11) is 0. The van der Waals surface area contributed by atoms with Crippen molar-refractivity contribution in [1.29, 1.82) is 0 Å². The molecule has 0 aliphatic carbocycles. The zero-order valence-electron chi connectivity index (χ0n) is 9.85. The van der Waals surface area contributed by atoms with Crippen LogP contribution >= 0.6 is 0 Å². The number of carbonyl (C=O) groups is 1. The highest BCUT2D eigenvalue weighted by Crippen LogP contribution is 2.36. The molecule has 3 rings (SSSR count). The summed E-state index contributed by atoms with van der Waals surface area (Å²) in [6, 6.07) is 3.64. The number of hydrogen-bond acceptors (Lipinski definition) is 3. The minimum Gasteiger partial charge on any atom is -0.337 e. The van der Waals surface area contributed by atoms with E-state index in [1.807, 2.05) is 17.0 Å². The van der Waals surface area contributed by atoms with Crippen LogP contribution in [0.2, 0.25) is 0 Å². The van der Waals surface area contributed by atoms with E-state index >= 15 is 0 Å². The maximum atomic E-state index is 12.1. The molecule has 17 heavy (non-hydrogen) atoms. The van der Waals surface area contributed by atoms with Crippen molar-refractivity contribution in [2.75, 3.05) is 26.2 Å². The lowest BCUT2D eigenvalue weighted by Crippen LogP contribution is -2.63. The number of nitrogens with one attached hydrogen (secondary N) is 1. The summed E-state index contributed by atoms with van der Waals surface area (Å²) in [5.41, 5.74) is 1.06. The lowest BCUT2D eigenvalue weighted by molar-refractivity contribution is -0.00725. The third kappa shape index (κ3) is 1.93. The van der Waals surface area contributed by atoms with Crippen LogP contribution in [-0.2, 0) is 0 Å². The van der Waals surface area contributed by atoms with Crippen molar-refractivity contribution in [3.05, 3.63) is 30.1 Å². The number of piperidine rings is 1. The molecule has 2 saturated heterocycles. The normalized spacial score (nSPS) is 22.2.